The summed E-state index contributed by atoms with van der Waals surface area (Å²) in [6.07, 6.45) is 2.09. The minimum atomic E-state index is -0.0875. The van der Waals surface area contributed by atoms with Crippen molar-refractivity contribution in [2.75, 3.05) is 32.1 Å². The molecular formula is C22H35N5O2. The number of rotatable bonds is 8. The molecule has 0 aromatic heterocycles. The van der Waals surface area contributed by atoms with Gasteiger partial charge in [0.15, 0.2) is 0 Å². The zero-order valence-electron chi connectivity index (χ0n) is 18.1. The second-order valence-electron chi connectivity index (χ2n) is 8.75. The number of carbonyl (C=O) groups excluding carboxylic acids is 2. The molecule has 0 saturated carbocycles. The number of nitrogens with zero attached hydrogens (tertiary/aromatic N) is 2. The molecule has 2 heterocycles. The van der Waals surface area contributed by atoms with Gasteiger partial charge in [0.2, 0.25) is 11.8 Å². The summed E-state index contributed by atoms with van der Waals surface area (Å²) in [4.78, 5) is 28.8. The maximum Gasteiger partial charge on any atom is 0.237 e. The second kappa shape index (κ2) is 9.59. The summed E-state index contributed by atoms with van der Waals surface area (Å²) in [6, 6.07) is 9.12. The van der Waals surface area contributed by atoms with Gasteiger partial charge < -0.3 is 20.9 Å². The van der Waals surface area contributed by atoms with Crippen LogP contribution in [-0.2, 0) is 16.1 Å². The summed E-state index contributed by atoms with van der Waals surface area (Å²) in [5, 5.41) is 9.60. The first-order valence-corrected chi connectivity index (χ1v) is 10.7. The van der Waals surface area contributed by atoms with Gasteiger partial charge >= 0.3 is 0 Å². The van der Waals surface area contributed by atoms with E-state index in [9.17, 15) is 9.59 Å². The normalized spacial score (nSPS) is 24.3. The predicted octanol–water partition coefficient (Wildman–Crippen LogP) is 1.09. The molecule has 2 amide bonds. The number of hydrogen-bond donors (Lipinski definition) is 3. The highest BCUT2D eigenvalue weighted by molar-refractivity contribution is 5.83. The van der Waals surface area contributed by atoms with Gasteiger partial charge in [0, 0.05) is 64.0 Å². The molecule has 0 radical (unpaired) electrons. The van der Waals surface area contributed by atoms with Gasteiger partial charge in [-0.1, -0.05) is 12.1 Å². The molecule has 3 N–H and O–H groups in total. The highest BCUT2D eigenvalue weighted by Gasteiger charge is 2.43. The van der Waals surface area contributed by atoms with Crippen LogP contribution in [0, 0.1) is 0 Å². The average molecular weight is 402 g/mol. The molecule has 2 fully saturated rings. The van der Waals surface area contributed by atoms with E-state index < -0.39 is 0 Å². The van der Waals surface area contributed by atoms with E-state index in [4.69, 9.17) is 0 Å². The monoisotopic (exact) mass is 401 g/mol. The number of hydrogen-bond acceptors (Lipinski definition) is 5. The van der Waals surface area contributed by atoms with Crippen LogP contribution in [0.2, 0.25) is 0 Å². The summed E-state index contributed by atoms with van der Waals surface area (Å²) in [5.74, 6) is 0.205. The van der Waals surface area contributed by atoms with Crippen molar-refractivity contribution in [1.29, 1.82) is 0 Å². The lowest BCUT2D eigenvalue weighted by atomic mass is 10.0. The zero-order valence-corrected chi connectivity index (χ0v) is 18.1. The van der Waals surface area contributed by atoms with Gasteiger partial charge in [-0.25, -0.2) is 0 Å². The van der Waals surface area contributed by atoms with Crippen molar-refractivity contribution in [3.63, 3.8) is 0 Å². The number of fused-ring (bicyclic) bond motifs is 1. The van der Waals surface area contributed by atoms with Crippen LogP contribution in [0.1, 0.15) is 38.7 Å². The minimum absolute atomic E-state index is 0.0866. The van der Waals surface area contributed by atoms with Crippen LogP contribution in [-0.4, -0.2) is 68.1 Å². The van der Waals surface area contributed by atoms with Crippen molar-refractivity contribution in [1.82, 2.24) is 20.9 Å². The number of benzene rings is 1. The van der Waals surface area contributed by atoms with Gasteiger partial charge in [0.05, 0.1) is 6.04 Å². The highest BCUT2D eigenvalue weighted by Crippen LogP contribution is 2.26. The first-order chi connectivity index (χ1) is 13.8. The van der Waals surface area contributed by atoms with Crippen LogP contribution >= 0.6 is 0 Å². The Hall–Kier alpha value is -2.12. The summed E-state index contributed by atoms with van der Waals surface area (Å²) in [6.45, 7) is 6.22. The first kappa shape index (κ1) is 21.6. The molecule has 2 aliphatic heterocycles. The molecular weight excluding hydrogens is 366 g/mol. The van der Waals surface area contributed by atoms with Gasteiger partial charge in [-0.05, 0) is 44.4 Å². The number of amides is 2. The van der Waals surface area contributed by atoms with Crippen molar-refractivity contribution in [3.8, 4) is 0 Å². The fourth-order valence-corrected chi connectivity index (χ4v) is 4.26. The maximum absolute atomic E-state index is 12.4. The third kappa shape index (κ3) is 5.70. The van der Waals surface area contributed by atoms with Gasteiger partial charge in [-0.3, -0.25) is 14.5 Å². The lowest BCUT2D eigenvalue weighted by Gasteiger charge is -2.37. The number of nitrogens with one attached hydrogen (secondary N) is 3. The summed E-state index contributed by atoms with van der Waals surface area (Å²) in [5.41, 5.74) is 2.43. The van der Waals surface area contributed by atoms with Crippen LogP contribution in [0.3, 0.4) is 0 Å². The molecule has 160 valence electrons. The van der Waals surface area contributed by atoms with Crippen LogP contribution in [0.15, 0.2) is 24.3 Å². The Morgan fingerprint density at radius 3 is 2.66 bits per heavy atom. The Kier molecular flexibility index (Phi) is 7.14. The predicted molar refractivity (Wildman–Crippen MR) is 116 cm³/mol. The summed E-state index contributed by atoms with van der Waals surface area (Å²) in [7, 11) is 4.08. The molecule has 29 heavy (non-hydrogen) atoms. The van der Waals surface area contributed by atoms with E-state index in [-0.39, 0.29) is 36.0 Å². The van der Waals surface area contributed by atoms with E-state index >= 15 is 0 Å². The van der Waals surface area contributed by atoms with Crippen molar-refractivity contribution in [2.45, 2.75) is 63.8 Å². The van der Waals surface area contributed by atoms with E-state index in [1.54, 1.807) is 0 Å². The van der Waals surface area contributed by atoms with Crippen molar-refractivity contribution in [3.05, 3.63) is 29.8 Å². The van der Waals surface area contributed by atoms with Crippen LogP contribution in [0.4, 0.5) is 5.69 Å². The summed E-state index contributed by atoms with van der Waals surface area (Å²) >= 11 is 0. The Bertz CT molecular complexity index is 704. The maximum atomic E-state index is 12.4. The minimum Gasteiger partial charge on any atom is -0.378 e. The number of carbonyl (C=O) groups is 2. The number of piperazine rings is 1. The Labute approximate surface area is 174 Å². The standard InChI is InChI=1S/C22H35N5O2/c1-15(2)25-21(28)10-9-19-13-24-22(29)20-11-17(14-27(19)20)23-12-16-5-7-18(8-6-16)26(3)4/h5-8,15,17,19-20,23H,9-14H2,1-4H3,(H,24,29)(H,25,28). The molecule has 2 aliphatic rings. The molecule has 7 heteroatoms. The van der Waals surface area contributed by atoms with E-state index in [0.29, 0.717) is 13.0 Å². The van der Waals surface area contributed by atoms with Gasteiger partial charge in [0.1, 0.15) is 0 Å². The van der Waals surface area contributed by atoms with Gasteiger partial charge in [-0.15, -0.1) is 0 Å². The molecule has 3 rings (SSSR count). The molecule has 0 spiro atoms. The molecule has 3 unspecified atom stereocenters. The molecule has 1 aromatic carbocycles. The summed E-state index contributed by atoms with van der Waals surface area (Å²) < 4.78 is 0. The SMILES string of the molecule is CC(C)NC(=O)CCC1CNC(=O)C2CC(NCc3ccc(N(C)C)cc3)CN12. The average Bonchev–Trinajstić information content (AvgIpc) is 3.11. The highest BCUT2D eigenvalue weighted by atomic mass is 16.2. The lowest BCUT2D eigenvalue weighted by Crippen LogP contribution is -2.58. The number of anilines is 1. The van der Waals surface area contributed by atoms with Crippen molar-refractivity contribution >= 4 is 17.5 Å². The fourth-order valence-electron chi connectivity index (χ4n) is 4.26. The Morgan fingerprint density at radius 1 is 1.28 bits per heavy atom. The largest absolute Gasteiger partial charge is 0.378 e. The Morgan fingerprint density at radius 2 is 2.00 bits per heavy atom. The van der Waals surface area contributed by atoms with Crippen LogP contribution in [0.25, 0.3) is 0 Å². The Balaban J connectivity index is 1.52. The molecule has 3 atom stereocenters. The third-order valence-electron chi connectivity index (χ3n) is 5.82. The van der Waals surface area contributed by atoms with Gasteiger partial charge in [0.25, 0.3) is 0 Å². The van der Waals surface area contributed by atoms with E-state index in [2.05, 4.69) is 50.0 Å². The molecule has 7 nitrogen and oxygen atoms in total. The van der Waals surface area contributed by atoms with Gasteiger partial charge in [-0.2, -0.15) is 0 Å². The zero-order chi connectivity index (χ0) is 21.0. The van der Waals surface area contributed by atoms with Crippen molar-refractivity contribution < 1.29 is 9.59 Å². The first-order valence-electron chi connectivity index (χ1n) is 10.7. The fraction of sp³-hybridized carbons (Fsp3) is 0.636. The van der Waals surface area contributed by atoms with E-state index in [1.807, 2.05) is 27.9 Å². The molecule has 0 bridgehead atoms. The molecule has 0 aliphatic carbocycles. The van der Waals surface area contributed by atoms with E-state index in [1.165, 1.54) is 11.3 Å². The second-order valence-corrected chi connectivity index (χ2v) is 8.75. The lowest BCUT2D eigenvalue weighted by molar-refractivity contribution is -0.129. The molecule has 2 saturated heterocycles. The van der Waals surface area contributed by atoms with Crippen LogP contribution in [0.5, 0.6) is 0 Å². The third-order valence-corrected chi connectivity index (χ3v) is 5.82. The quantitative estimate of drug-likeness (QED) is 0.608. The topological polar surface area (TPSA) is 76.7 Å². The van der Waals surface area contributed by atoms with E-state index in [0.717, 1.165) is 25.9 Å². The smallest absolute Gasteiger partial charge is 0.237 e. The van der Waals surface area contributed by atoms with Crippen molar-refractivity contribution in [2.24, 2.45) is 0 Å². The van der Waals surface area contributed by atoms with Crippen LogP contribution < -0.4 is 20.9 Å². The molecule has 1 aromatic rings.